The van der Waals surface area contributed by atoms with Crippen LogP contribution in [0.15, 0.2) is 54.6 Å². The van der Waals surface area contributed by atoms with E-state index in [-0.39, 0.29) is 24.8 Å². The molecule has 0 radical (unpaired) electrons. The zero-order chi connectivity index (χ0) is 20.8. The topological polar surface area (TPSA) is 84.9 Å². The van der Waals surface area contributed by atoms with Gasteiger partial charge in [-0.2, -0.15) is 0 Å². The van der Waals surface area contributed by atoms with Gasteiger partial charge in [0.25, 0.3) is 0 Å². The zero-order valence-electron chi connectivity index (χ0n) is 16.5. The van der Waals surface area contributed by atoms with Gasteiger partial charge in [-0.15, -0.1) is 0 Å². The van der Waals surface area contributed by atoms with Gasteiger partial charge in [-0.3, -0.25) is 9.59 Å². The van der Waals surface area contributed by atoms with Gasteiger partial charge in [0.1, 0.15) is 11.8 Å². The molecule has 2 atom stereocenters. The zero-order valence-corrected chi connectivity index (χ0v) is 16.5. The second-order valence-electron chi connectivity index (χ2n) is 6.85. The molecule has 0 bridgehead atoms. The van der Waals surface area contributed by atoms with E-state index in [4.69, 9.17) is 9.47 Å². The molecule has 0 saturated carbocycles. The van der Waals surface area contributed by atoms with Crippen molar-refractivity contribution in [1.29, 1.82) is 0 Å². The van der Waals surface area contributed by atoms with E-state index < -0.39 is 17.9 Å². The van der Waals surface area contributed by atoms with Crippen LogP contribution >= 0.6 is 0 Å². The summed E-state index contributed by atoms with van der Waals surface area (Å²) < 4.78 is 10.2. The molecule has 2 aromatic carbocycles. The molecule has 7 heteroatoms. The van der Waals surface area contributed by atoms with Crippen molar-refractivity contribution >= 4 is 23.5 Å². The van der Waals surface area contributed by atoms with E-state index in [9.17, 15) is 14.4 Å². The number of carbonyl (C=O) groups excluding carboxylic acids is 3. The highest BCUT2D eigenvalue weighted by Gasteiger charge is 2.37. The standard InChI is InChI=1S/C22H24N2O5/c1-28-19-11-7-6-10-18(19)24-14-16(13-20(24)25)21(26)23-17(22(27)29-2)12-15-8-4-3-5-9-15/h3-11,16-17H,12-14H2,1-2H3,(H,23,26)/t16-,17+/m1/s1. The lowest BCUT2D eigenvalue weighted by Gasteiger charge is -2.21. The van der Waals surface area contributed by atoms with Crippen molar-refractivity contribution in [1.82, 2.24) is 5.32 Å². The fourth-order valence-electron chi connectivity index (χ4n) is 3.44. The minimum Gasteiger partial charge on any atom is -0.495 e. The van der Waals surface area contributed by atoms with Gasteiger partial charge in [-0.1, -0.05) is 42.5 Å². The smallest absolute Gasteiger partial charge is 0.328 e. The van der Waals surface area contributed by atoms with Crippen LogP contribution in [-0.2, 0) is 25.5 Å². The molecule has 2 aromatic rings. The molecule has 29 heavy (non-hydrogen) atoms. The number of nitrogens with one attached hydrogen (secondary N) is 1. The number of carbonyl (C=O) groups is 3. The molecule has 0 unspecified atom stereocenters. The first-order valence-electron chi connectivity index (χ1n) is 9.39. The summed E-state index contributed by atoms with van der Waals surface area (Å²) in [6.07, 6.45) is 0.388. The summed E-state index contributed by atoms with van der Waals surface area (Å²) in [5.74, 6) is -1.02. The van der Waals surface area contributed by atoms with Gasteiger partial charge in [0, 0.05) is 19.4 Å². The van der Waals surface area contributed by atoms with Gasteiger partial charge >= 0.3 is 5.97 Å². The Morgan fingerprint density at radius 3 is 2.48 bits per heavy atom. The maximum Gasteiger partial charge on any atom is 0.328 e. The van der Waals surface area contributed by atoms with Gasteiger partial charge < -0.3 is 19.7 Å². The van der Waals surface area contributed by atoms with Gasteiger partial charge in [0.15, 0.2) is 0 Å². The summed E-state index contributed by atoms with van der Waals surface area (Å²) in [6.45, 7) is 0.226. The van der Waals surface area contributed by atoms with Crippen molar-refractivity contribution < 1.29 is 23.9 Å². The van der Waals surface area contributed by atoms with Crippen LogP contribution in [0.1, 0.15) is 12.0 Å². The molecule has 1 heterocycles. The van der Waals surface area contributed by atoms with Crippen LogP contribution in [0.5, 0.6) is 5.75 Å². The minimum atomic E-state index is -0.815. The van der Waals surface area contributed by atoms with Crippen molar-refractivity contribution in [3.63, 3.8) is 0 Å². The normalized spacial score (nSPS) is 17.0. The average molecular weight is 396 g/mol. The van der Waals surface area contributed by atoms with Crippen LogP contribution in [0, 0.1) is 5.92 Å². The Balaban J connectivity index is 1.70. The SMILES string of the molecule is COC(=O)[C@H](Cc1ccccc1)NC(=O)[C@@H]1CC(=O)N(c2ccccc2OC)C1. The third kappa shape index (κ3) is 4.74. The molecule has 1 aliphatic heterocycles. The highest BCUT2D eigenvalue weighted by molar-refractivity contribution is 6.01. The Hall–Kier alpha value is -3.35. The van der Waals surface area contributed by atoms with Gasteiger partial charge in [0.2, 0.25) is 11.8 Å². The number of anilines is 1. The van der Waals surface area contributed by atoms with Crippen molar-refractivity contribution in [2.45, 2.75) is 18.9 Å². The monoisotopic (exact) mass is 396 g/mol. The fourth-order valence-corrected chi connectivity index (χ4v) is 3.44. The summed E-state index contributed by atoms with van der Waals surface area (Å²) in [5.41, 5.74) is 1.53. The Morgan fingerprint density at radius 1 is 1.10 bits per heavy atom. The number of hydrogen-bond acceptors (Lipinski definition) is 5. The number of nitrogens with zero attached hydrogens (tertiary/aromatic N) is 1. The third-order valence-electron chi connectivity index (χ3n) is 4.96. The molecule has 1 saturated heterocycles. The number of benzene rings is 2. The lowest BCUT2D eigenvalue weighted by Crippen LogP contribution is -2.46. The van der Waals surface area contributed by atoms with Crippen molar-refractivity contribution in [3.05, 3.63) is 60.2 Å². The van der Waals surface area contributed by atoms with Crippen LogP contribution < -0.4 is 15.0 Å². The number of esters is 1. The summed E-state index contributed by atoms with van der Waals surface area (Å²) >= 11 is 0. The number of ether oxygens (including phenoxy) is 2. The Bertz CT molecular complexity index is 884. The first-order chi connectivity index (χ1) is 14.0. The molecule has 0 aliphatic carbocycles. The highest BCUT2D eigenvalue weighted by Crippen LogP contribution is 2.32. The second-order valence-corrected chi connectivity index (χ2v) is 6.85. The van der Waals surface area contributed by atoms with E-state index in [1.54, 1.807) is 17.0 Å². The minimum absolute atomic E-state index is 0.0725. The van der Waals surface area contributed by atoms with E-state index in [1.165, 1.54) is 14.2 Å². The van der Waals surface area contributed by atoms with E-state index in [0.29, 0.717) is 17.9 Å². The molecule has 3 rings (SSSR count). The Morgan fingerprint density at radius 2 is 1.79 bits per heavy atom. The second kappa shape index (κ2) is 9.23. The predicted molar refractivity (Wildman–Crippen MR) is 108 cm³/mol. The molecule has 1 N–H and O–H groups in total. The van der Waals surface area contributed by atoms with Crippen molar-refractivity contribution in [2.24, 2.45) is 5.92 Å². The van der Waals surface area contributed by atoms with Gasteiger partial charge in [0.05, 0.1) is 25.8 Å². The molecule has 0 spiro atoms. The molecule has 1 aliphatic rings. The number of rotatable bonds is 7. The molecule has 152 valence electrons. The maximum atomic E-state index is 12.8. The Kier molecular flexibility index (Phi) is 6.49. The number of amides is 2. The van der Waals surface area contributed by atoms with E-state index in [1.807, 2.05) is 42.5 Å². The highest BCUT2D eigenvalue weighted by atomic mass is 16.5. The van der Waals surface area contributed by atoms with Gasteiger partial charge in [-0.05, 0) is 17.7 Å². The first kappa shape index (κ1) is 20.4. The lowest BCUT2D eigenvalue weighted by molar-refractivity contribution is -0.145. The first-order valence-corrected chi connectivity index (χ1v) is 9.39. The van der Waals surface area contributed by atoms with E-state index in [2.05, 4.69) is 5.32 Å². The third-order valence-corrected chi connectivity index (χ3v) is 4.96. The Labute approximate surface area is 169 Å². The maximum absolute atomic E-state index is 12.8. The quantitative estimate of drug-likeness (QED) is 0.723. The molecule has 0 aromatic heterocycles. The molecule has 2 amide bonds. The van der Waals surface area contributed by atoms with Crippen molar-refractivity contribution in [2.75, 3.05) is 25.7 Å². The molecule has 7 nitrogen and oxygen atoms in total. The lowest BCUT2D eigenvalue weighted by atomic mass is 10.0. The summed E-state index contributed by atoms with van der Waals surface area (Å²) in [4.78, 5) is 39.1. The largest absolute Gasteiger partial charge is 0.495 e. The van der Waals surface area contributed by atoms with Crippen LogP contribution in [0.2, 0.25) is 0 Å². The molecular weight excluding hydrogens is 372 g/mol. The number of para-hydroxylation sites is 2. The van der Waals surface area contributed by atoms with Crippen molar-refractivity contribution in [3.8, 4) is 5.75 Å². The number of methoxy groups -OCH3 is 2. The van der Waals surface area contributed by atoms with E-state index in [0.717, 1.165) is 5.56 Å². The van der Waals surface area contributed by atoms with Crippen LogP contribution in [0.4, 0.5) is 5.69 Å². The average Bonchev–Trinajstić information content (AvgIpc) is 3.15. The molecular formula is C22H24N2O5. The molecule has 1 fully saturated rings. The summed E-state index contributed by atoms with van der Waals surface area (Å²) in [5, 5.41) is 2.76. The van der Waals surface area contributed by atoms with Crippen LogP contribution in [-0.4, -0.2) is 44.6 Å². The number of hydrogen-bond donors (Lipinski definition) is 1. The summed E-state index contributed by atoms with van der Waals surface area (Å²) in [6, 6.07) is 15.7. The fraction of sp³-hybridized carbons (Fsp3) is 0.318. The predicted octanol–water partition coefficient (Wildman–Crippen LogP) is 1.95. The van der Waals surface area contributed by atoms with Crippen LogP contribution in [0.25, 0.3) is 0 Å². The van der Waals surface area contributed by atoms with Gasteiger partial charge in [-0.25, -0.2) is 4.79 Å². The summed E-state index contributed by atoms with van der Waals surface area (Å²) in [7, 11) is 2.82. The van der Waals surface area contributed by atoms with Crippen LogP contribution in [0.3, 0.4) is 0 Å². The van der Waals surface area contributed by atoms with E-state index >= 15 is 0 Å².